The molecule has 566 valence electrons. The van der Waals surface area contributed by atoms with Gasteiger partial charge in [0.15, 0.2) is 0 Å². The van der Waals surface area contributed by atoms with Crippen molar-refractivity contribution in [1.29, 1.82) is 0 Å². The van der Waals surface area contributed by atoms with Crippen LogP contribution in [0.1, 0.15) is 27.8 Å². The van der Waals surface area contributed by atoms with E-state index in [0.29, 0.717) is 0 Å². The van der Waals surface area contributed by atoms with Gasteiger partial charge in [-0.05, 0) is 350 Å². The molecule has 24 aromatic rings. The molecular weight excluding hydrogens is 1470 g/mol. The van der Waals surface area contributed by atoms with E-state index >= 15 is 0 Å². The quantitative estimate of drug-likeness (QED) is 0.107. The molecule has 0 saturated heterocycles. The number of fused-ring (bicyclic) bond motifs is 18. The molecule has 0 aliphatic carbocycles. The predicted octanol–water partition coefficient (Wildman–Crippen LogP) is 32.6. The van der Waals surface area contributed by atoms with Crippen molar-refractivity contribution in [1.82, 2.24) is 0 Å². The van der Waals surface area contributed by atoms with E-state index in [2.05, 4.69) is 423 Å². The van der Waals surface area contributed by atoms with E-state index in [-0.39, 0.29) is 0 Å². The third-order valence-corrected chi connectivity index (χ3v) is 24.6. The first-order chi connectivity index (χ1) is 59.1. The largest absolute Gasteiger partial charge is 0.456 e. The van der Waals surface area contributed by atoms with Crippen molar-refractivity contribution >= 4 is 221 Å². The standard InChI is InChI=1S/C112H74N4O4/c1-68-20-17-31-88(44-68)113(85-25-7-4-8-26-85)91-40-36-73-52-95-99-56-81-57-100-96-53-74-37-41-92(49-78(74)61-106(96)118-110(100)65-83(81)64-109(99)117-105(95)60-77(73)48-91)114(86-27-9-5-10-28-86)89-32-18-23-71(46-89)45-72-24-19-33-90(47-72)116(104-35-16-14-22-70(104)3)94-43-39-76-55-98-102-59-82-58-101-97-54-75-38-42-93(115(87-29-11-6-12-30-87)103-34-15-13-21-69(103)2)50-79(75)62-107(97)119-111(101)66-84(82)67-112(102)120-108(98)63-80(76)51-94/h4-44,46-67H,45H2,1-3H3. The summed E-state index contributed by atoms with van der Waals surface area (Å²) in [6.45, 7) is 6.51. The summed E-state index contributed by atoms with van der Waals surface area (Å²) in [7, 11) is 0. The lowest BCUT2D eigenvalue weighted by Crippen LogP contribution is -2.12. The number of rotatable bonds is 14. The Bertz CT molecular complexity index is 8340. The van der Waals surface area contributed by atoms with Gasteiger partial charge in [-0.3, -0.25) is 0 Å². The van der Waals surface area contributed by atoms with Gasteiger partial charge in [-0.1, -0.05) is 152 Å². The highest BCUT2D eigenvalue weighted by molar-refractivity contribution is 6.21. The Morgan fingerprint density at radius 2 is 0.417 bits per heavy atom. The average molecular weight is 1540 g/mol. The summed E-state index contributed by atoms with van der Waals surface area (Å²) in [5.74, 6) is 0. The van der Waals surface area contributed by atoms with E-state index in [1.54, 1.807) is 0 Å². The maximum Gasteiger partial charge on any atom is 0.136 e. The van der Waals surface area contributed by atoms with Gasteiger partial charge in [0.2, 0.25) is 0 Å². The topological polar surface area (TPSA) is 65.5 Å². The number of furan rings is 4. The van der Waals surface area contributed by atoms with Crippen molar-refractivity contribution in [3.63, 3.8) is 0 Å². The van der Waals surface area contributed by atoms with E-state index in [1.807, 2.05) is 0 Å². The molecular formula is C112H74N4O4. The summed E-state index contributed by atoms with van der Waals surface area (Å²) in [5, 5.41) is 22.1. The Morgan fingerprint density at radius 1 is 0.175 bits per heavy atom. The molecule has 0 aliphatic heterocycles. The number of hydrogen-bond donors (Lipinski definition) is 0. The Labute approximate surface area is 690 Å². The maximum absolute atomic E-state index is 6.86. The summed E-state index contributed by atoms with van der Waals surface area (Å²) in [6, 6.07) is 139. The summed E-state index contributed by atoms with van der Waals surface area (Å²) < 4.78 is 27.2. The molecule has 4 heterocycles. The third kappa shape index (κ3) is 11.7. The minimum Gasteiger partial charge on any atom is -0.456 e. The zero-order valence-electron chi connectivity index (χ0n) is 66.0. The zero-order valence-corrected chi connectivity index (χ0v) is 66.0. The van der Waals surface area contributed by atoms with E-state index in [4.69, 9.17) is 17.7 Å². The van der Waals surface area contributed by atoms with Crippen LogP contribution in [-0.4, -0.2) is 0 Å². The second-order valence-electron chi connectivity index (χ2n) is 32.3. The number of benzene rings is 20. The highest BCUT2D eigenvalue weighted by Gasteiger charge is 2.24. The summed E-state index contributed by atoms with van der Waals surface area (Å²) in [4.78, 5) is 9.42. The van der Waals surface area contributed by atoms with E-state index < -0.39 is 0 Å². The van der Waals surface area contributed by atoms with Gasteiger partial charge in [0.1, 0.15) is 44.7 Å². The fraction of sp³-hybridized carbons (Fsp3) is 0.0357. The summed E-state index contributed by atoms with van der Waals surface area (Å²) in [6.07, 6.45) is 0.719. The van der Waals surface area contributed by atoms with E-state index in [9.17, 15) is 0 Å². The first kappa shape index (κ1) is 68.7. The lowest BCUT2D eigenvalue weighted by molar-refractivity contribution is 0.668. The van der Waals surface area contributed by atoms with Crippen molar-refractivity contribution in [2.45, 2.75) is 27.2 Å². The van der Waals surface area contributed by atoms with Crippen LogP contribution in [-0.2, 0) is 6.42 Å². The molecule has 0 N–H and O–H groups in total. The van der Waals surface area contributed by atoms with Gasteiger partial charge in [-0.15, -0.1) is 0 Å². The van der Waals surface area contributed by atoms with Crippen LogP contribution in [0.3, 0.4) is 0 Å². The van der Waals surface area contributed by atoms with Crippen LogP contribution in [0.5, 0.6) is 0 Å². The molecule has 8 nitrogen and oxygen atoms in total. The number of nitrogens with zero attached hydrogens (tertiary/aromatic N) is 4. The molecule has 0 bridgehead atoms. The molecule has 8 heteroatoms. The average Bonchev–Trinajstić information content (AvgIpc) is 1.60. The normalized spacial score (nSPS) is 12.0. The lowest BCUT2D eigenvalue weighted by atomic mass is 10.00. The Kier molecular flexibility index (Phi) is 15.6. The second kappa shape index (κ2) is 27.2. The number of aryl methyl sites for hydroxylation is 3. The molecule has 0 atom stereocenters. The van der Waals surface area contributed by atoms with Crippen LogP contribution in [0.4, 0.5) is 68.2 Å². The van der Waals surface area contributed by atoms with Gasteiger partial charge in [-0.25, -0.2) is 0 Å². The second-order valence-corrected chi connectivity index (χ2v) is 32.3. The van der Waals surface area contributed by atoms with Gasteiger partial charge in [-0.2, -0.15) is 0 Å². The SMILES string of the molecule is Cc1cccc(N(c2ccccc2)c2ccc3cc4c(cc3c2)oc2cc3cc5oc6cc7cc(N(c8ccccc8)c8cccc(Cc9cccc(N(c%10ccc%11cc%12c(cc%11c%10)oc%10cc%11cc%13oc%14cc%15cc(N(c%16ccccc%16)c%16ccccc%16C)ccc%15cc%14c%13cc%11cc%10%12)c%10ccccc%10C)c9)c8)ccc7cc6c5cc3cc24)c1. The van der Waals surface area contributed by atoms with Gasteiger partial charge >= 0.3 is 0 Å². The number of anilines is 12. The number of para-hydroxylation sites is 5. The summed E-state index contributed by atoms with van der Waals surface area (Å²) in [5.41, 5.74) is 25.8. The molecule has 0 spiro atoms. The molecule has 20 aromatic carbocycles. The minimum absolute atomic E-state index is 0.719. The van der Waals surface area contributed by atoms with Crippen LogP contribution < -0.4 is 19.6 Å². The molecule has 120 heavy (non-hydrogen) atoms. The molecule has 0 saturated carbocycles. The van der Waals surface area contributed by atoms with Crippen LogP contribution in [0.25, 0.3) is 152 Å². The molecule has 0 radical (unpaired) electrons. The van der Waals surface area contributed by atoms with E-state index in [0.717, 1.165) is 227 Å². The van der Waals surface area contributed by atoms with Crippen molar-refractivity contribution in [2.75, 3.05) is 19.6 Å². The van der Waals surface area contributed by atoms with Crippen molar-refractivity contribution in [3.05, 3.63) is 410 Å². The van der Waals surface area contributed by atoms with Gasteiger partial charge in [0.25, 0.3) is 0 Å². The molecule has 0 unspecified atom stereocenters. The van der Waals surface area contributed by atoms with Crippen LogP contribution in [0.2, 0.25) is 0 Å². The Hall–Kier alpha value is -15.6. The smallest absolute Gasteiger partial charge is 0.136 e. The van der Waals surface area contributed by atoms with Crippen molar-refractivity contribution in [3.8, 4) is 0 Å². The van der Waals surface area contributed by atoms with E-state index in [1.165, 1.54) is 27.8 Å². The van der Waals surface area contributed by atoms with Crippen molar-refractivity contribution in [2.24, 2.45) is 0 Å². The fourth-order valence-corrected chi connectivity index (χ4v) is 18.8. The zero-order chi connectivity index (χ0) is 79.4. The molecule has 24 rings (SSSR count). The van der Waals surface area contributed by atoms with Crippen LogP contribution in [0, 0.1) is 20.8 Å². The monoisotopic (exact) mass is 1540 g/mol. The first-order valence-electron chi connectivity index (χ1n) is 41.1. The maximum atomic E-state index is 6.86. The Balaban J connectivity index is 0.519. The van der Waals surface area contributed by atoms with Gasteiger partial charge in [0.05, 0.1) is 0 Å². The van der Waals surface area contributed by atoms with Crippen LogP contribution >= 0.6 is 0 Å². The molecule has 0 amide bonds. The van der Waals surface area contributed by atoms with Gasteiger partial charge in [0, 0.05) is 111 Å². The van der Waals surface area contributed by atoms with Crippen LogP contribution in [0.15, 0.2) is 400 Å². The summed E-state index contributed by atoms with van der Waals surface area (Å²) >= 11 is 0. The minimum atomic E-state index is 0.719. The number of hydrogen-bond acceptors (Lipinski definition) is 8. The molecule has 0 aliphatic rings. The highest BCUT2D eigenvalue weighted by atomic mass is 16.3. The Morgan fingerprint density at radius 3 is 0.750 bits per heavy atom. The molecule has 0 fully saturated rings. The highest BCUT2D eigenvalue weighted by Crippen LogP contribution is 2.48. The van der Waals surface area contributed by atoms with Crippen molar-refractivity contribution < 1.29 is 17.7 Å². The van der Waals surface area contributed by atoms with Gasteiger partial charge < -0.3 is 37.3 Å². The molecule has 4 aromatic heterocycles. The fourth-order valence-electron chi connectivity index (χ4n) is 18.8. The first-order valence-corrected chi connectivity index (χ1v) is 41.1. The predicted molar refractivity (Wildman–Crippen MR) is 503 cm³/mol. The lowest BCUT2D eigenvalue weighted by Gasteiger charge is -2.28. The third-order valence-electron chi connectivity index (χ3n) is 24.6.